The number of fused-ring (bicyclic) bond motifs is 1. The van der Waals surface area contributed by atoms with E-state index < -0.39 is 0 Å². The SMILES string of the molecule is O=c1c(=NNc2cccc(Cl)c2)c(=O)c2ccccc12. The quantitative estimate of drug-likeness (QED) is 0.733. The van der Waals surface area contributed by atoms with E-state index in [1.807, 2.05) is 0 Å². The van der Waals surface area contributed by atoms with Crippen molar-refractivity contribution in [3.05, 3.63) is 79.4 Å². The molecule has 0 aliphatic rings. The van der Waals surface area contributed by atoms with E-state index >= 15 is 0 Å². The summed E-state index contributed by atoms with van der Waals surface area (Å²) in [5, 5.41) is 5.14. The predicted molar refractivity (Wildman–Crippen MR) is 79.5 cm³/mol. The monoisotopic (exact) mass is 284 g/mol. The van der Waals surface area contributed by atoms with Gasteiger partial charge in [-0.05, 0) is 18.2 Å². The van der Waals surface area contributed by atoms with Gasteiger partial charge in [-0.1, -0.05) is 41.9 Å². The Bertz CT molecular complexity index is 890. The van der Waals surface area contributed by atoms with Gasteiger partial charge in [0, 0.05) is 15.8 Å². The third-order valence-electron chi connectivity index (χ3n) is 2.97. The molecule has 98 valence electrons. The van der Waals surface area contributed by atoms with E-state index in [9.17, 15) is 9.59 Å². The fraction of sp³-hybridized carbons (Fsp3) is 0. The van der Waals surface area contributed by atoms with Crippen molar-refractivity contribution in [2.45, 2.75) is 0 Å². The molecule has 3 aromatic rings. The van der Waals surface area contributed by atoms with Crippen LogP contribution in [-0.4, -0.2) is 0 Å². The molecule has 0 radical (unpaired) electrons. The highest BCUT2D eigenvalue weighted by atomic mass is 35.5. The summed E-state index contributed by atoms with van der Waals surface area (Å²) in [6, 6.07) is 13.6. The highest BCUT2D eigenvalue weighted by Crippen LogP contribution is 2.14. The van der Waals surface area contributed by atoms with E-state index in [0.717, 1.165) is 0 Å². The number of anilines is 1. The Morgan fingerprint density at radius 3 is 2.15 bits per heavy atom. The summed E-state index contributed by atoms with van der Waals surface area (Å²) < 4.78 is 0. The van der Waals surface area contributed by atoms with E-state index in [-0.39, 0.29) is 16.2 Å². The molecule has 0 aliphatic heterocycles. The van der Waals surface area contributed by atoms with Gasteiger partial charge in [0.25, 0.3) is 0 Å². The van der Waals surface area contributed by atoms with E-state index in [0.29, 0.717) is 21.5 Å². The third-order valence-corrected chi connectivity index (χ3v) is 3.20. The molecule has 0 spiro atoms. The average Bonchev–Trinajstić information content (AvgIpc) is 2.70. The van der Waals surface area contributed by atoms with Crippen LogP contribution < -0.4 is 21.6 Å². The van der Waals surface area contributed by atoms with Gasteiger partial charge in [0.05, 0.1) is 5.69 Å². The number of hydrogen-bond donors (Lipinski definition) is 1. The van der Waals surface area contributed by atoms with E-state index in [2.05, 4.69) is 10.5 Å². The van der Waals surface area contributed by atoms with Crippen LogP contribution in [0.4, 0.5) is 5.69 Å². The van der Waals surface area contributed by atoms with E-state index in [1.165, 1.54) is 0 Å². The van der Waals surface area contributed by atoms with Crippen LogP contribution in [0, 0.1) is 0 Å². The molecular formula is C15H9ClN2O2. The van der Waals surface area contributed by atoms with E-state index in [4.69, 9.17) is 11.6 Å². The summed E-state index contributed by atoms with van der Waals surface area (Å²) in [7, 11) is 0. The summed E-state index contributed by atoms with van der Waals surface area (Å²) in [6.45, 7) is 0. The summed E-state index contributed by atoms with van der Waals surface area (Å²) in [5.74, 6) is 0. The number of nitrogens with one attached hydrogen (secondary N) is 1. The van der Waals surface area contributed by atoms with Crippen molar-refractivity contribution < 1.29 is 0 Å². The second kappa shape index (κ2) is 4.90. The van der Waals surface area contributed by atoms with Crippen LogP contribution in [0.2, 0.25) is 5.02 Å². The molecule has 5 heteroatoms. The summed E-state index contributed by atoms with van der Waals surface area (Å²) >= 11 is 5.85. The zero-order valence-electron chi connectivity index (χ0n) is 10.3. The smallest absolute Gasteiger partial charge is 0.217 e. The van der Waals surface area contributed by atoms with Gasteiger partial charge in [0.1, 0.15) is 0 Å². The van der Waals surface area contributed by atoms with Crippen LogP contribution >= 0.6 is 11.6 Å². The zero-order chi connectivity index (χ0) is 14.1. The van der Waals surface area contributed by atoms with Crippen molar-refractivity contribution in [1.82, 2.24) is 0 Å². The Morgan fingerprint density at radius 2 is 1.55 bits per heavy atom. The summed E-state index contributed by atoms with van der Waals surface area (Å²) in [5.41, 5.74) is 2.58. The molecule has 3 aromatic carbocycles. The summed E-state index contributed by atoms with van der Waals surface area (Å²) in [6.07, 6.45) is 0. The van der Waals surface area contributed by atoms with Crippen LogP contribution in [0.5, 0.6) is 0 Å². The van der Waals surface area contributed by atoms with Crippen LogP contribution in [0.25, 0.3) is 10.8 Å². The van der Waals surface area contributed by atoms with Gasteiger partial charge < -0.3 is 0 Å². The van der Waals surface area contributed by atoms with Crippen LogP contribution in [0.1, 0.15) is 0 Å². The third kappa shape index (κ3) is 2.10. The minimum absolute atomic E-state index is 0.105. The first kappa shape index (κ1) is 12.6. The molecule has 0 atom stereocenters. The number of benzene rings is 2. The first-order chi connectivity index (χ1) is 9.66. The first-order valence-electron chi connectivity index (χ1n) is 5.94. The second-order valence-corrected chi connectivity index (χ2v) is 4.72. The molecule has 20 heavy (non-hydrogen) atoms. The standard InChI is InChI=1S/C15H9ClN2O2/c16-9-4-3-5-10(8-9)17-18-13-14(19)11-6-1-2-7-12(11)15(13)20/h1-8,17H. The fourth-order valence-electron chi connectivity index (χ4n) is 2.02. The number of halogens is 1. The molecule has 0 bridgehead atoms. The van der Waals surface area contributed by atoms with Crippen LogP contribution in [-0.2, 0) is 0 Å². The highest BCUT2D eigenvalue weighted by Gasteiger charge is 2.09. The van der Waals surface area contributed by atoms with Gasteiger partial charge >= 0.3 is 0 Å². The number of rotatable bonds is 2. The van der Waals surface area contributed by atoms with Crippen molar-refractivity contribution in [2.75, 3.05) is 5.43 Å². The maximum absolute atomic E-state index is 12.1. The lowest BCUT2D eigenvalue weighted by molar-refractivity contribution is 1.20. The molecule has 3 rings (SSSR count). The molecule has 0 aliphatic carbocycles. The van der Waals surface area contributed by atoms with Gasteiger partial charge in [0.2, 0.25) is 10.9 Å². The van der Waals surface area contributed by atoms with Crippen molar-refractivity contribution >= 4 is 28.1 Å². The molecule has 0 unspecified atom stereocenters. The minimum Gasteiger partial charge on any atom is -0.287 e. The maximum Gasteiger partial charge on any atom is 0.217 e. The molecule has 4 nitrogen and oxygen atoms in total. The van der Waals surface area contributed by atoms with Crippen molar-refractivity contribution in [2.24, 2.45) is 5.10 Å². The molecule has 0 saturated heterocycles. The predicted octanol–water partition coefficient (Wildman–Crippen LogP) is 2.02. The largest absolute Gasteiger partial charge is 0.287 e. The molecule has 1 N–H and O–H groups in total. The van der Waals surface area contributed by atoms with Gasteiger partial charge in [-0.25, -0.2) is 0 Å². The molecule has 0 aromatic heterocycles. The Morgan fingerprint density at radius 1 is 0.900 bits per heavy atom. The second-order valence-electron chi connectivity index (χ2n) is 4.29. The normalized spacial score (nSPS) is 10.7. The van der Waals surface area contributed by atoms with Crippen LogP contribution in [0.15, 0.2) is 63.2 Å². The molecule has 0 amide bonds. The number of nitrogens with zero attached hydrogens (tertiary/aromatic N) is 1. The Labute approximate surface area is 118 Å². The highest BCUT2D eigenvalue weighted by molar-refractivity contribution is 6.30. The minimum atomic E-state index is -0.361. The average molecular weight is 285 g/mol. The van der Waals surface area contributed by atoms with E-state index in [1.54, 1.807) is 48.5 Å². The van der Waals surface area contributed by atoms with Crippen molar-refractivity contribution in [1.29, 1.82) is 0 Å². The van der Waals surface area contributed by atoms with Gasteiger partial charge in [-0.3, -0.25) is 15.0 Å². The fourth-order valence-corrected chi connectivity index (χ4v) is 2.21. The Hall–Kier alpha value is -2.46. The lowest BCUT2D eigenvalue weighted by Crippen LogP contribution is -2.32. The van der Waals surface area contributed by atoms with Gasteiger partial charge in [0.15, 0.2) is 5.36 Å². The van der Waals surface area contributed by atoms with Gasteiger partial charge in [-0.2, -0.15) is 5.10 Å². The van der Waals surface area contributed by atoms with Gasteiger partial charge in [-0.15, -0.1) is 0 Å². The Balaban J connectivity index is 2.13. The lowest BCUT2D eigenvalue weighted by Gasteiger charge is -1.98. The van der Waals surface area contributed by atoms with Crippen LogP contribution in [0.3, 0.4) is 0 Å². The maximum atomic E-state index is 12.1. The first-order valence-corrected chi connectivity index (χ1v) is 6.32. The topological polar surface area (TPSA) is 58.5 Å². The number of hydrogen-bond acceptors (Lipinski definition) is 4. The zero-order valence-corrected chi connectivity index (χ0v) is 11.0. The molecular weight excluding hydrogens is 276 g/mol. The van der Waals surface area contributed by atoms with Crippen molar-refractivity contribution in [3.63, 3.8) is 0 Å². The molecule has 0 heterocycles. The molecule has 0 saturated carbocycles. The Kier molecular flexibility index (Phi) is 3.08. The summed E-state index contributed by atoms with van der Waals surface area (Å²) in [4.78, 5) is 24.2. The lowest BCUT2D eigenvalue weighted by atomic mass is 10.2. The van der Waals surface area contributed by atoms with Crippen molar-refractivity contribution in [3.8, 4) is 0 Å². The molecule has 0 fully saturated rings.